The fourth-order valence-electron chi connectivity index (χ4n) is 1.09. The number of phenolic OH excluding ortho intramolecular Hbond substituents is 1. The van der Waals surface area contributed by atoms with Crippen molar-refractivity contribution in [2.24, 2.45) is 0 Å². The molecular formula is C8H3F6IO. The van der Waals surface area contributed by atoms with Crippen molar-refractivity contribution < 1.29 is 31.4 Å². The summed E-state index contributed by atoms with van der Waals surface area (Å²) < 4.78 is 73.6. The molecule has 0 aliphatic carbocycles. The highest BCUT2D eigenvalue weighted by molar-refractivity contribution is 14.1. The van der Waals surface area contributed by atoms with Crippen molar-refractivity contribution in [3.05, 3.63) is 26.8 Å². The van der Waals surface area contributed by atoms with Gasteiger partial charge in [-0.1, -0.05) is 0 Å². The Labute approximate surface area is 99.2 Å². The highest BCUT2D eigenvalue weighted by Gasteiger charge is 2.45. The Morgan fingerprint density at radius 3 is 1.81 bits per heavy atom. The van der Waals surface area contributed by atoms with Crippen LogP contribution in [-0.4, -0.2) is 5.11 Å². The Morgan fingerprint density at radius 2 is 1.44 bits per heavy atom. The van der Waals surface area contributed by atoms with E-state index < -0.39 is 29.2 Å². The van der Waals surface area contributed by atoms with Gasteiger partial charge in [0.25, 0.3) is 0 Å². The van der Waals surface area contributed by atoms with E-state index in [4.69, 9.17) is 5.11 Å². The summed E-state index contributed by atoms with van der Waals surface area (Å²) in [5.41, 5.74) is -3.94. The summed E-state index contributed by atoms with van der Waals surface area (Å²) in [6.07, 6.45) is -10.4. The van der Waals surface area contributed by atoms with Gasteiger partial charge in [0.2, 0.25) is 0 Å². The molecule has 1 N–H and O–H groups in total. The van der Waals surface area contributed by atoms with E-state index in [1.54, 1.807) is 0 Å². The molecule has 0 aliphatic heterocycles. The van der Waals surface area contributed by atoms with Crippen LogP contribution in [0.25, 0.3) is 0 Å². The van der Waals surface area contributed by atoms with Crippen LogP contribution in [0.15, 0.2) is 12.1 Å². The Balaban J connectivity index is 3.59. The van der Waals surface area contributed by atoms with Crippen LogP contribution in [0.2, 0.25) is 0 Å². The lowest BCUT2D eigenvalue weighted by molar-refractivity contribution is -0.163. The van der Waals surface area contributed by atoms with E-state index in [0.717, 1.165) is 6.07 Å². The van der Waals surface area contributed by atoms with Gasteiger partial charge in [0.05, 0.1) is 9.13 Å². The third-order valence-electron chi connectivity index (χ3n) is 1.72. The van der Waals surface area contributed by atoms with E-state index in [1.807, 2.05) is 0 Å². The van der Waals surface area contributed by atoms with Crippen LogP contribution >= 0.6 is 22.6 Å². The Hall–Kier alpha value is -0.670. The predicted molar refractivity (Wildman–Crippen MR) is 50.8 cm³/mol. The molecule has 0 aliphatic rings. The maximum Gasteiger partial charge on any atom is 0.420 e. The van der Waals surface area contributed by atoms with Gasteiger partial charge < -0.3 is 5.11 Å². The molecule has 90 valence electrons. The van der Waals surface area contributed by atoms with E-state index in [1.165, 1.54) is 22.6 Å². The first kappa shape index (κ1) is 13.4. The van der Waals surface area contributed by atoms with Crippen LogP contribution in [0.5, 0.6) is 5.75 Å². The third kappa shape index (κ3) is 2.53. The maximum absolute atomic E-state index is 12.4. The monoisotopic (exact) mass is 356 g/mol. The highest BCUT2D eigenvalue weighted by Crippen LogP contribution is 2.45. The van der Waals surface area contributed by atoms with Gasteiger partial charge >= 0.3 is 12.4 Å². The van der Waals surface area contributed by atoms with Crippen LogP contribution < -0.4 is 0 Å². The van der Waals surface area contributed by atoms with Gasteiger partial charge in [-0.15, -0.1) is 0 Å². The first-order valence-corrected chi connectivity index (χ1v) is 4.79. The van der Waals surface area contributed by atoms with Gasteiger partial charge in [-0.05, 0) is 34.7 Å². The highest BCUT2D eigenvalue weighted by atomic mass is 127. The van der Waals surface area contributed by atoms with E-state index in [0.29, 0.717) is 6.07 Å². The summed E-state index contributed by atoms with van der Waals surface area (Å²) in [5, 5.41) is 9.05. The fourth-order valence-corrected chi connectivity index (χ4v) is 1.54. The number of hydrogen-bond acceptors (Lipinski definition) is 1. The first-order chi connectivity index (χ1) is 7.05. The summed E-state index contributed by atoms with van der Waals surface area (Å²) in [7, 11) is 0. The molecule has 1 rings (SSSR count). The number of benzene rings is 1. The largest absolute Gasteiger partial charge is 0.506 e. The molecule has 0 atom stereocenters. The lowest BCUT2D eigenvalue weighted by Crippen LogP contribution is -2.17. The van der Waals surface area contributed by atoms with Crippen molar-refractivity contribution in [1.29, 1.82) is 0 Å². The number of rotatable bonds is 0. The van der Waals surface area contributed by atoms with Crippen molar-refractivity contribution in [3.63, 3.8) is 0 Å². The molecule has 0 bridgehead atoms. The average Bonchev–Trinajstić information content (AvgIpc) is 2.05. The molecule has 0 unspecified atom stereocenters. The number of hydrogen-bond donors (Lipinski definition) is 1. The zero-order valence-corrected chi connectivity index (χ0v) is 9.41. The molecule has 0 saturated heterocycles. The lowest BCUT2D eigenvalue weighted by atomic mass is 10.1. The van der Waals surface area contributed by atoms with Crippen LogP contribution in [-0.2, 0) is 12.4 Å². The summed E-state index contributed by atoms with van der Waals surface area (Å²) in [6, 6.07) is 1.07. The summed E-state index contributed by atoms with van der Waals surface area (Å²) >= 11 is 1.32. The minimum absolute atomic E-state index is 0.294. The van der Waals surface area contributed by atoms with Gasteiger partial charge in [-0.25, -0.2) is 0 Å². The number of phenols is 1. The molecule has 8 heteroatoms. The summed E-state index contributed by atoms with van der Waals surface area (Å²) in [5.74, 6) is -1.40. The average molecular weight is 356 g/mol. The number of aromatic hydroxyl groups is 1. The zero-order chi connectivity index (χ0) is 12.7. The fraction of sp³-hybridized carbons (Fsp3) is 0.250. The van der Waals surface area contributed by atoms with E-state index in [2.05, 4.69) is 0 Å². The van der Waals surface area contributed by atoms with E-state index >= 15 is 0 Å². The predicted octanol–water partition coefficient (Wildman–Crippen LogP) is 4.03. The lowest BCUT2D eigenvalue weighted by Gasteiger charge is -2.17. The second-order valence-electron chi connectivity index (χ2n) is 2.81. The summed E-state index contributed by atoms with van der Waals surface area (Å²) in [6.45, 7) is 0. The first-order valence-electron chi connectivity index (χ1n) is 3.71. The van der Waals surface area contributed by atoms with Crippen LogP contribution in [0.1, 0.15) is 11.1 Å². The smallest absolute Gasteiger partial charge is 0.420 e. The Morgan fingerprint density at radius 1 is 0.938 bits per heavy atom. The van der Waals surface area contributed by atoms with Gasteiger partial charge in [0.1, 0.15) is 11.3 Å². The molecule has 1 aromatic rings. The van der Waals surface area contributed by atoms with Gasteiger partial charge in [0, 0.05) is 0 Å². The van der Waals surface area contributed by atoms with Crippen molar-refractivity contribution in [2.75, 3.05) is 0 Å². The van der Waals surface area contributed by atoms with Crippen LogP contribution in [0, 0.1) is 3.57 Å². The molecule has 0 radical (unpaired) electrons. The van der Waals surface area contributed by atoms with Crippen molar-refractivity contribution in [2.45, 2.75) is 12.4 Å². The third-order valence-corrected chi connectivity index (χ3v) is 2.59. The topological polar surface area (TPSA) is 20.2 Å². The van der Waals surface area contributed by atoms with Gasteiger partial charge in [-0.3, -0.25) is 0 Å². The van der Waals surface area contributed by atoms with E-state index in [-0.39, 0.29) is 3.57 Å². The van der Waals surface area contributed by atoms with Gasteiger partial charge in [-0.2, -0.15) is 26.3 Å². The molecular weight excluding hydrogens is 353 g/mol. The second-order valence-corrected chi connectivity index (χ2v) is 3.98. The maximum atomic E-state index is 12.4. The zero-order valence-electron chi connectivity index (χ0n) is 7.25. The number of halogens is 7. The van der Waals surface area contributed by atoms with Gasteiger partial charge in [0.15, 0.2) is 0 Å². The normalized spacial score (nSPS) is 12.9. The van der Waals surface area contributed by atoms with Crippen molar-refractivity contribution in [1.82, 2.24) is 0 Å². The quantitative estimate of drug-likeness (QED) is 0.550. The molecule has 16 heavy (non-hydrogen) atoms. The molecule has 1 nitrogen and oxygen atoms in total. The SMILES string of the molecule is Oc1c(I)ccc(C(F)(F)F)c1C(F)(F)F. The van der Waals surface area contributed by atoms with E-state index in [9.17, 15) is 26.3 Å². The second kappa shape index (κ2) is 3.97. The Bertz CT molecular complexity index is 408. The molecule has 0 fully saturated rings. The Kier molecular flexibility index (Phi) is 3.32. The summed E-state index contributed by atoms with van der Waals surface area (Å²) in [4.78, 5) is 0. The molecule has 0 heterocycles. The number of alkyl halides is 6. The van der Waals surface area contributed by atoms with Crippen molar-refractivity contribution >= 4 is 22.6 Å². The molecule has 1 aromatic carbocycles. The van der Waals surface area contributed by atoms with Crippen LogP contribution in [0.3, 0.4) is 0 Å². The molecule has 0 saturated carbocycles. The van der Waals surface area contributed by atoms with Crippen molar-refractivity contribution in [3.8, 4) is 5.75 Å². The molecule has 0 aromatic heterocycles. The van der Waals surface area contributed by atoms with Crippen LogP contribution in [0.4, 0.5) is 26.3 Å². The minimum Gasteiger partial charge on any atom is -0.506 e. The minimum atomic E-state index is -5.25. The standard InChI is InChI=1S/C8H3F6IO/c9-7(10,11)3-1-2-4(15)6(16)5(3)8(12,13)14/h1-2,16H. The molecule has 0 spiro atoms. The molecule has 0 amide bonds.